The molecular formula is C8H15NO3S. The third kappa shape index (κ3) is 4.77. The van der Waals surface area contributed by atoms with E-state index in [0.29, 0.717) is 5.75 Å². The van der Waals surface area contributed by atoms with Crippen molar-refractivity contribution in [1.82, 2.24) is 5.32 Å². The zero-order valence-electron chi connectivity index (χ0n) is 8.03. The zero-order chi connectivity index (χ0) is 10.4. The Labute approximate surface area is 82.1 Å². The van der Waals surface area contributed by atoms with Crippen LogP contribution < -0.4 is 5.32 Å². The van der Waals surface area contributed by atoms with Gasteiger partial charge in [-0.15, -0.1) is 0 Å². The first kappa shape index (κ1) is 12.3. The molecule has 0 saturated heterocycles. The summed E-state index contributed by atoms with van der Waals surface area (Å²) in [6, 6.07) is -0.809. The third-order valence-corrected chi connectivity index (χ3v) is 2.43. The van der Waals surface area contributed by atoms with Crippen LogP contribution in [0, 0.1) is 5.92 Å². The number of hydrogen-bond donors (Lipinski definition) is 2. The average Bonchev–Trinajstić information content (AvgIpc) is 2.04. The lowest BCUT2D eigenvalue weighted by atomic mass is 10.2. The van der Waals surface area contributed by atoms with E-state index in [1.54, 1.807) is 18.7 Å². The van der Waals surface area contributed by atoms with Crippen LogP contribution in [0.2, 0.25) is 0 Å². The smallest absolute Gasteiger partial charge is 0.325 e. The first-order valence-electron chi connectivity index (χ1n) is 4.01. The van der Waals surface area contributed by atoms with E-state index in [1.807, 2.05) is 6.26 Å². The first-order valence-corrected chi connectivity index (χ1v) is 5.40. The Morgan fingerprint density at radius 1 is 1.46 bits per heavy atom. The van der Waals surface area contributed by atoms with Crippen molar-refractivity contribution in [3.8, 4) is 0 Å². The lowest BCUT2D eigenvalue weighted by Crippen LogP contribution is -2.41. The number of carboxylic acid groups (broad SMARTS) is 1. The van der Waals surface area contributed by atoms with Gasteiger partial charge in [-0.25, -0.2) is 0 Å². The van der Waals surface area contributed by atoms with Crippen molar-refractivity contribution in [2.45, 2.75) is 19.9 Å². The molecule has 2 atom stereocenters. The minimum atomic E-state index is -1.01. The molecule has 0 aromatic rings. The molecule has 0 aliphatic rings. The Morgan fingerprint density at radius 2 is 2.00 bits per heavy atom. The van der Waals surface area contributed by atoms with Crippen LogP contribution in [-0.2, 0) is 9.59 Å². The molecule has 0 aliphatic heterocycles. The van der Waals surface area contributed by atoms with Crippen LogP contribution in [0.3, 0.4) is 0 Å². The molecule has 1 amide bonds. The highest BCUT2D eigenvalue weighted by atomic mass is 32.2. The minimum absolute atomic E-state index is 0.142. The van der Waals surface area contributed by atoms with Gasteiger partial charge in [-0.3, -0.25) is 9.59 Å². The highest BCUT2D eigenvalue weighted by molar-refractivity contribution is 7.98. The lowest BCUT2D eigenvalue weighted by molar-refractivity contribution is -0.141. The van der Waals surface area contributed by atoms with E-state index in [1.165, 1.54) is 6.92 Å². The first-order chi connectivity index (χ1) is 5.99. The molecule has 13 heavy (non-hydrogen) atoms. The lowest BCUT2D eigenvalue weighted by Gasteiger charge is -2.13. The molecule has 0 radical (unpaired) electrons. The summed E-state index contributed by atoms with van der Waals surface area (Å²) < 4.78 is 0. The molecule has 0 fully saturated rings. The van der Waals surface area contributed by atoms with Crippen molar-refractivity contribution in [1.29, 1.82) is 0 Å². The number of aliphatic carboxylic acids is 1. The van der Waals surface area contributed by atoms with Crippen LogP contribution >= 0.6 is 11.8 Å². The van der Waals surface area contributed by atoms with Gasteiger partial charge in [0.1, 0.15) is 6.04 Å². The van der Waals surface area contributed by atoms with Gasteiger partial charge in [0.05, 0.1) is 0 Å². The standard InChI is InChI=1S/C8H15NO3S/c1-5(4-13-3)7(10)9-6(2)8(11)12/h5-6H,4H2,1-3H3,(H,9,10)(H,11,12)/t5?,6-/m1/s1. The Balaban J connectivity index is 3.92. The summed E-state index contributed by atoms with van der Waals surface area (Å²) in [5.74, 6) is -0.649. The van der Waals surface area contributed by atoms with Gasteiger partial charge in [-0.2, -0.15) is 11.8 Å². The molecule has 1 unspecified atom stereocenters. The molecule has 0 bridgehead atoms. The maximum atomic E-state index is 11.3. The van der Waals surface area contributed by atoms with Crippen LogP contribution in [0.5, 0.6) is 0 Å². The van der Waals surface area contributed by atoms with Gasteiger partial charge >= 0.3 is 5.97 Å². The van der Waals surface area contributed by atoms with Gasteiger partial charge in [0.2, 0.25) is 5.91 Å². The summed E-state index contributed by atoms with van der Waals surface area (Å²) >= 11 is 1.57. The van der Waals surface area contributed by atoms with Gasteiger partial charge in [0, 0.05) is 11.7 Å². The highest BCUT2D eigenvalue weighted by Gasteiger charge is 2.18. The van der Waals surface area contributed by atoms with Crippen LogP contribution in [0.1, 0.15) is 13.8 Å². The predicted octanol–water partition coefficient (Wildman–Crippen LogP) is 0.575. The molecule has 0 rings (SSSR count). The van der Waals surface area contributed by atoms with Crippen LogP contribution in [-0.4, -0.2) is 35.0 Å². The number of nitrogens with one attached hydrogen (secondary N) is 1. The van der Waals surface area contributed by atoms with Crippen molar-refractivity contribution in [2.75, 3.05) is 12.0 Å². The monoisotopic (exact) mass is 205 g/mol. The summed E-state index contributed by atoms with van der Waals surface area (Å²) in [4.78, 5) is 21.7. The Hall–Kier alpha value is -0.710. The quantitative estimate of drug-likeness (QED) is 0.689. The summed E-state index contributed by atoms with van der Waals surface area (Å²) in [5, 5.41) is 10.9. The SMILES string of the molecule is CSCC(C)C(=O)N[C@H](C)C(=O)O. The molecular weight excluding hydrogens is 190 g/mol. The second kappa shape index (κ2) is 5.85. The molecule has 2 N–H and O–H groups in total. The van der Waals surface area contributed by atoms with Crippen LogP contribution in [0.25, 0.3) is 0 Å². The molecule has 0 aliphatic carbocycles. The summed E-state index contributed by atoms with van der Waals surface area (Å²) in [6.07, 6.45) is 1.91. The maximum Gasteiger partial charge on any atom is 0.325 e. The molecule has 5 heteroatoms. The number of carbonyl (C=O) groups is 2. The van der Waals surface area contributed by atoms with E-state index in [-0.39, 0.29) is 11.8 Å². The summed E-state index contributed by atoms with van der Waals surface area (Å²) in [7, 11) is 0. The third-order valence-electron chi connectivity index (χ3n) is 1.59. The minimum Gasteiger partial charge on any atom is -0.480 e. The molecule has 4 nitrogen and oxygen atoms in total. The number of amides is 1. The fraction of sp³-hybridized carbons (Fsp3) is 0.750. The molecule has 76 valence electrons. The van der Waals surface area contributed by atoms with E-state index in [4.69, 9.17) is 5.11 Å². The maximum absolute atomic E-state index is 11.3. The summed E-state index contributed by atoms with van der Waals surface area (Å²) in [6.45, 7) is 3.23. The normalized spacial score (nSPS) is 14.7. The molecule has 0 saturated carbocycles. The van der Waals surface area contributed by atoms with E-state index in [2.05, 4.69) is 5.32 Å². The van der Waals surface area contributed by atoms with E-state index in [9.17, 15) is 9.59 Å². The molecule has 0 heterocycles. The second-order valence-corrected chi connectivity index (χ2v) is 3.84. The Morgan fingerprint density at radius 3 is 2.38 bits per heavy atom. The molecule has 0 aromatic carbocycles. The highest BCUT2D eigenvalue weighted by Crippen LogP contribution is 2.04. The topological polar surface area (TPSA) is 66.4 Å². The van der Waals surface area contributed by atoms with Gasteiger partial charge in [0.25, 0.3) is 0 Å². The van der Waals surface area contributed by atoms with Gasteiger partial charge in [-0.1, -0.05) is 6.92 Å². The fourth-order valence-corrected chi connectivity index (χ4v) is 1.39. The predicted molar refractivity (Wildman–Crippen MR) is 52.8 cm³/mol. The van der Waals surface area contributed by atoms with E-state index >= 15 is 0 Å². The average molecular weight is 205 g/mol. The van der Waals surface area contributed by atoms with E-state index < -0.39 is 12.0 Å². The Kier molecular flexibility index (Phi) is 5.53. The van der Waals surface area contributed by atoms with Crippen molar-refractivity contribution in [2.24, 2.45) is 5.92 Å². The van der Waals surface area contributed by atoms with Crippen molar-refractivity contribution >= 4 is 23.6 Å². The molecule has 0 spiro atoms. The largest absolute Gasteiger partial charge is 0.480 e. The fourth-order valence-electron chi connectivity index (χ4n) is 0.743. The molecule has 0 aromatic heterocycles. The number of carbonyl (C=O) groups excluding carboxylic acids is 1. The van der Waals surface area contributed by atoms with E-state index in [0.717, 1.165) is 0 Å². The van der Waals surface area contributed by atoms with Crippen LogP contribution in [0.15, 0.2) is 0 Å². The number of rotatable bonds is 5. The van der Waals surface area contributed by atoms with Gasteiger partial charge in [0.15, 0.2) is 0 Å². The zero-order valence-corrected chi connectivity index (χ0v) is 8.85. The number of carboxylic acids is 1. The van der Waals surface area contributed by atoms with Crippen molar-refractivity contribution in [3.05, 3.63) is 0 Å². The second-order valence-electron chi connectivity index (χ2n) is 2.92. The van der Waals surface area contributed by atoms with Gasteiger partial charge in [-0.05, 0) is 13.2 Å². The Bertz CT molecular complexity index is 196. The summed E-state index contributed by atoms with van der Waals surface area (Å²) in [5.41, 5.74) is 0. The van der Waals surface area contributed by atoms with Crippen molar-refractivity contribution < 1.29 is 14.7 Å². The van der Waals surface area contributed by atoms with Crippen LogP contribution in [0.4, 0.5) is 0 Å². The number of hydrogen-bond acceptors (Lipinski definition) is 3. The van der Waals surface area contributed by atoms with Crippen molar-refractivity contribution in [3.63, 3.8) is 0 Å². The number of thioether (sulfide) groups is 1. The van der Waals surface area contributed by atoms with Gasteiger partial charge < -0.3 is 10.4 Å².